The molecule has 0 aliphatic carbocycles. The Kier molecular flexibility index (Phi) is 4.52. The van der Waals surface area contributed by atoms with Gasteiger partial charge < -0.3 is 15.7 Å². The van der Waals surface area contributed by atoms with Crippen molar-refractivity contribution in [2.45, 2.75) is 18.9 Å². The monoisotopic (exact) mass is 262 g/mol. The Bertz CT molecular complexity index is 441. The van der Waals surface area contributed by atoms with Gasteiger partial charge in [-0.2, -0.15) is 0 Å². The number of carboxylic acids is 1. The number of amides is 1. The molecular weight excluding hydrogens is 244 g/mol. The third kappa shape index (κ3) is 3.54. The highest BCUT2D eigenvalue weighted by atomic mass is 16.4. The molecule has 3 N–H and O–H groups in total. The second-order valence-electron chi connectivity index (χ2n) is 4.71. The van der Waals surface area contributed by atoms with E-state index in [0.717, 1.165) is 25.9 Å². The fourth-order valence-corrected chi connectivity index (χ4v) is 2.28. The first kappa shape index (κ1) is 13.5. The molecule has 1 aromatic rings. The number of carbonyl (C=O) groups is 2. The number of carbonyl (C=O) groups excluding carboxylic acids is 1. The van der Waals surface area contributed by atoms with Gasteiger partial charge in [-0.3, -0.25) is 4.79 Å². The van der Waals surface area contributed by atoms with E-state index in [1.54, 1.807) is 24.3 Å². The van der Waals surface area contributed by atoms with Crippen LogP contribution in [0.2, 0.25) is 0 Å². The zero-order valence-electron chi connectivity index (χ0n) is 10.6. The molecular formula is C14H18N2O3. The number of nitrogens with one attached hydrogen (secondary N) is 2. The van der Waals surface area contributed by atoms with E-state index in [1.807, 2.05) is 6.07 Å². The Morgan fingerprint density at radius 2 is 1.84 bits per heavy atom. The summed E-state index contributed by atoms with van der Waals surface area (Å²) >= 11 is 0. The molecule has 0 bridgehead atoms. The number of aliphatic carboxylic acids is 1. The van der Waals surface area contributed by atoms with Gasteiger partial charge in [0.2, 0.25) is 5.91 Å². The van der Waals surface area contributed by atoms with Crippen molar-refractivity contribution in [2.24, 2.45) is 5.92 Å². The summed E-state index contributed by atoms with van der Waals surface area (Å²) in [5.74, 6) is -1.29. The molecule has 19 heavy (non-hydrogen) atoms. The van der Waals surface area contributed by atoms with Crippen LogP contribution in [0.5, 0.6) is 0 Å². The lowest BCUT2D eigenvalue weighted by Crippen LogP contribution is -2.41. The topological polar surface area (TPSA) is 78.4 Å². The van der Waals surface area contributed by atoms with Gasteiger partial charge in [0.1, 0.15) is 0 Å². The predicted octanol–water partition coefficient (Wildman–Crippen LogP) is 0.928. The van der Waals surface area contributed by atoms with Gasteiger partial charge in [0.15, 0.2) is 6.04 Å². The van der Waals surface area contributed by atoms with E-state index in [0.29, 0.717) is 5.56 Å². The molecule has 0 spiro atoms. The summed E-state index contributed by atoms with van der Waals surface area (Å²) in [5, 5.41) is 15.1. The highest BCUT2D eigenvalue weighted by Crippen LogP contribution is 2.17. The normalized spacial score (nSPS) is 17.7. The Hall–Kier alpha value is -1.88. The largest absolute Gasteiger partial charge is 0.479 e. The maximum atomic E-state index is 12.1. The summed E-state index contributed by atoms with van der Waals surface area (Å²) in [6.45, 7) is 1.61. The number of hydrogen-bond acceptors (Lipinski definition) is 3. The average Bonchev–Trinajstić information content (AvgIpc) is 2.46. The van der Waals surface area contributed by atoms with Gasteiger partial charge in [-0.25, -0.2) is 4.79 Å². The lowest BCUT2D eigenvalue weighted by Gasteiger charge is -2.24. The van der Waals surface area contributed by atoms with E-state index < -0.39 is 12.0 Å². The zero-order valence-corrected chi connectivity index (χ0v) is 10.6. The summed E-state index contributed by atoms with van der Waals surface area (Å²) in [5.41, 5.74) is 0.595. The van der Waals surface area contributed by atoms with Crippen molar-refractivity contribution < 1.29 is 14.7 Å². The molecule has 1 amide bonds. The standard InChI is InChI=1S/C14H18N2O3/c17-13(11-6-8-15-9-7-11)16-12(14(18)19)10-4-2-1-3-5-10/h1-5,11-12,15H,6-9H2,(H,16,17)(H,18,19). The van der Waals surface area contributed by atoms with Gasteiger partial charge in [0, 0.05) is 5.92 Å². The van der Waals surface area contributed by atoms with E-state index in [4.69, 9.17) is 0 Å². The molecule has 0 saturated carbocycles. The van der Waals surface area contributed by atoms with Gasteiger partial charge in [0.05, 0.1) is 0 Å². The van der Waals surface area contributed by atoms with Crippen molar-refractivity contribution in [3.63, 3.8) is 0 Å². The molecule has 1 fully saturated rings. The van der Waals surface area contributed by atoms with Gasteiger partial charge in [-0.1, -0.05) is 30.3 Å². The first-order chi connectivity index (χ1) is 9.18. The molecule has 1 heterocycles. The predicted molar refractivity (Wildman–Crippen MR) is 70.6 cm³/mol. The molecule has 5 nitrogen and oxygen atoms in total. The quantitative estimate of drug-likeness (QED) is 0.754. The van der Waals surface area contributed by atoms with Crippen molar-refractivity contribution in [2.75, 3.05) is 13.1 Å². The van der Waals surface area contributed by atoms with E-state index in [2.05, 4.69) is 10.6 Å². The number of hydrogen-bond donors (Lipinski definition) is 3. The van der Waals surface area contributed by atoms with Crippen LogP contribution in [0.25, 0.3) is 0 Å². The van der Waals surface area contributed by atoms with E-state index in [9.17, 15) is 14.7 Å². The number of benzene rings is 1. The van der Waals surface area contributed by atoms with Crippen LogP contribution in [-0.2, 0) is 9.59 Å². The smallest absolute Gasteiger partial charge is 0.330 e. The Balaban J connectivity index is 2.04. The van der Waals surface area contributed by atoms with E-state index in [-0.39, 0.29) is 11.8 Å². The third-order valence-corrected chi connectivity index (χ3v) is 3.38. The molecule has 0 aromatic heterocycles. The molecule has 102 valence electrons. The second kappa shape index (κ2) is 6.33. The lowest BCUT2D eigenvalue weighted by atomic mass is 9.96. The van der Waals surface area contributed by atoms with E-state index in [1.165, 1.54) is 0 Å². The molecule has 1 aliphatic heterocycles. The van der Waals surface area contributed by atoms with Gasteiger partial charge in [-0.05, 0) is 31.5 Å². The molecule has 0 radical (unpaired) electrons. The van der Waals surface area contributed by atoms with Crippen molar-refractivity contribution in [1.29, 1.82) is 0 Å². The molecule has 1 aliphatic rings. The highest BCUT2D eigenvalue weighted by molar-refractivity contribution is 5.85. The highest BCUT2D eigenvalue weighted by Gasteiger charge is 2.27. The Labute approximate surface area is 112 Å². The minimum absolute atomic E-state index is 0.0909. The molecule has 5 heteroatoms. The van der Waals surface area contributed by atoms with Gasteiger partial charge >= 0.3 is 5.97 Å². The van der Waals surface area contributed by atoms with Crippen LogP contribution < -0.4 is 10.6 Å². The zero-order chi connectivity index (χ0) is 13.7. The summed E-state index contributed by atoms with van der Waals surface area (Å²) in [6, 6.07) is 7.80. The third-order valence-electron chi connectivity index (χ3n) is 3.38. The van der Waals surface area contributed by atoms with Crippen LogP contribution >= 0.6 is 0 Å². The fraction of sp³-hybridized carbons (Fsp3) is 0.429. The van der Waals surface area contributed by atoms with Crippen molar-refractivity contribution in [1.82, 2.24) is 10.6 Å². The van der Waals surface area contributed by atoms with Gasteiger partial charge in [-0.15, -0.1) is 0 Å². The molecule has 1 unspecified atom stereocenters. The fourth-order valence-electron chi connectivity index (χ4n) is 2.28. The maximum Gasteiger partial charge on any atom is 0.330 e. The Morgan fingerprint density at radius 3 is 2.42 bits per heavy atom. The van der Waals surface area contributed by atoms with Crippen LogP contribution in [0.15, 0.2) is 30.3 Å². The van der Waals surface area contributed by atoms with Crippen molar-refractivity contribution in [3.05, 3.63) is 35.9 Å². The lowest BCUT2D eigenvalue weighted by molar-refractivity contribution is -0.142. The molecule has 1 saturated heterocycles. The van der Waals surface area contributed by atoms with Crippen LogP contribution in [0.1, 0.15) is 24.4 Å². The number of piperidine rings is 1. The number of rotatable bonds is 4. The van der Waals surface area contributed by atoms with Gasteiger partial charge in [0.25, 0.3) is 0 Å². The second-order valence-corrected chi connectivity index (χ2v) is 4.71. The SMILES string of the molecule is O=C(NC(C(=O)O)c1ccccc1)C1CCNCC1. The van der Waals surface area contributed by atoms with Crippen molar-refractivity contribution in [3.8, 4) is 0 Å². The Morgan fingerprint density at radius 1 is 1.21 bits per heavy atom. The minimum atomic E-state index is -1.03. The van der Waals surface area contributed by atoms with Crippen LogP contribution in [0.4, 0.5) is 0 Å². The molecule has 1 aromatic carbocycles. The van der Waals surface area contributed by atoms with Crippen LogP contribution in [0, 0.1) is 5.92 Å². The minimum Gasteiger partial charge on any atom is -0.479 e. The van der Waals surface area contributed by atoms with Crippen LogP contribution in [-0.4, -0.2) is 30.1 Å². The maximum absolute atomic E-state index is 12.1. The summed E-state index contributed by atoms with van der Waals surface area (Å²) in [6.07, 6.45) is 1.51. The average molecular weight is 262 g/mol. The molecule has 2 rings (SSSR count). The number of carboxylic acid groups (broad SMARTS) is 1. The summed E-state index contributed by atoms with van der Waals surface area (Å²) in [7, 11) is 0. The summed E-state index contributed by atoms with van der Waals surface area (Å²) < 4.78 is 0. The van der Waals surface area contributed by atoms with E-state index >= 15 is 0 Å². The first-order valence-electron chi connectivity index (χ1n) is 6.47. The summed E-state index contributed by atoms with van der Waals surface area (Å²) in [4.78, 5) is 23.4. The van der Waals surface area contributed by atoms with Crippen molar-refractivity contribution >= 4 is 11.9 Å². The molecule has 1 atom stereocenters. The first-order valence-corrected chi connectivity index (χ1v) is 6.47. The van der Waals surface area contributed by atoms with Crippen LogP contribution in [0.3, 0.4) is 0 Å².